The number of fused-ring (bicyclic) bond motifs is 1. The zero-order valence-electron chi connectivity index (χ0n) is 15.0. The average Bonchev–Trinajstić information content (AvgIpc) is 2.95. The van der Waals surface area contributed by atoms with Gasteiger partial charge in [0.1, 0.15) is 0 Å². The molecule has 0 N–H and O–H groups in total. The third kappa shape index (κ3) is 2.84. The molecule has 3 aromatic rings. The van der Waals surface area contributed by atoms with Crippen LogP contribution in [0.15, 0.2) is 84.4 Å². The van der Waals surface area contributed by atoms with Crippen LogP contribution in [0.25, 0.3) is 6.08 Å². The Bertz CT molecular complexity index is 969. The Balaban J connectivity index is 1.82. The number of ketones is 1. The molecule has 0 fully saturated rings. The van der Waals surface area contributed by atoms with Crippen LogP contribution in [0.4, 0.5) is 5.69 Å². The van der Waals surface area contributed by atoms with E-state index in [1.54, 1.807) is 0 Å². The molecular weight excluding hydrogens is 318 g/mol. The molecule has 2 heteroatoms. The van der Waals surface area contributed by atoms with Gasteiger partial charge in [-0.2, -0.15) is 0 Å². The van der Waals surface area contributed by atoms with Gasteiger partial charge in [0.2, 0.25) is 0 Å². The summed E-state index contributed by atoms with van der Waals surface area (Å²) in [5.41, 5.74) is 6.11. The predicted molar refractivity (Wildman–Crippen MR) is 108 cm³/mol. The van der Waals surface area contributed by atoms with E-state index in [2.05, 4.69) is 47.4 Å². The van der Waals surface area contributed by atoms with Gasteiger partial charge in [-0.15, -0.1) is 0 Å². The maximum absolute atomic E-state index is 13.1. The Morgan fingerprint density at radius 3 is 2.15 bits per heavy atom. The van der Waals surface area contributed by atoms with Gasteiger partial charge >= 0.3 is 0 Å². The molecule has 0 amide bonds. The lowest BCUT2D eigenvalue weighted by atomic mass is 9.89. The molecule has 0 heterocycles. The monoisotopic (exact) mass is 339 g/mol. The first-order valence-corrected chi connectivity index (χ1v) is 8.82. The van der Waals surface area contributed by atoms with Crippen LogP contribution < -0.4 is 4.90 Å². The van der Waals surface area contributed by atoms with Crippen LogP contribution in [0.1, 0.15) is 33.0 Å². The molecular formula is C24H21NO. The molecule has 1 aliphatic carbocycles. The zero-order valence-corrected chi connectivity index (χ0v) is 15.0. The van der Waals surface area contributed by atoms with Crippen molar-refractivity contribution in [1.82, 2.24) is 0 Å². The lowest BCUT2D eigenvalue weighted by molar-refractivity contribution is 0.103. The van der Waals surface area contributed by atoms with E-state index in [4.69, 9.17) is 0 Å². The molecule has 2 nitrogen and oxygen atoms in total. The molecule has 1 aliphatic rings. The number of Topliss-reactive ketones (excluding diaryl/α,β-unsaturated/α-hetero) is 1. The van der Waals surface area contributed by atoms with Gasteiger partial charge in [-0.1, -0.05) is 66.7 Å². The van der Waals surface area contributed by atoms with Crippen molar-refractivity contribution in [2.24, 2.45) is 0 Å². The van der Waals surface area contributed by atoms with Crippen LogP contribution in [-0.4, -0.2) is 19.9 Å². The van der Waals surface area contributed by atoms with Crippen molar-refractivity contribution >= 4 is 17.5 Å². The molecule has 0 saturated carbocycles. The third-order valence-electron chi connectivity index (χ3n) is 4.95. The number of benzene rings is 3. The number of carbonyl (C=O) groups excluding carboxylic acids is 1. The molecule has 0 saturated heterocycles. The maximum atomic E-state index is 13.1. The first-order chi connectivity index (χ1) is 12.6. The maximum Gasteiger partial charge on any atom is 0.190 e. The third-order valence-corrected chi connectivity index (χ3v) is 4.95. The standard InChI is InChI=1S/C24H21NO/c1-25(2)19-14-12-17(13-15-19)16-22-23(18-8-4-3-5-9-18)20-10-6-7-11-21(20)24(22)26/h3-16,23H,1-2H3/b22-16+/t23-/m0/s1. The van der Waals surface area contributed by atoms with Crippen molar-refractivity contribution in [2.75, 3.05) is 19.0 Å². The van der Waals surface area contributed by atoms with Crippen LogP contribution in [0, 0.1) is 0 Å². The molecule has 0 bridgehead atoms. The highest BCUT2D eigenvalue weighted by Crippen LogP contribution is 2.42. The van der Waals surface area contributed by atoms with Gasteiger partial charge in [0.05, 0.1) is 0 Å². The molecule has 0 aliphatic heterocycles. The first kappa shape index (κ1) is 16.3. The normalized spacial score (nSPS) is 17.4. The quantitative estimate of drug-likeness (QED) is 0.614. The minimum Gasteiger partial charge on any atom is -0.378 e. The number of hydrogen-bond donors (Lipinski definition) is 0. The fourth-order valence-corrected chi connectivity index (χ4v) is 3.61. The Morgan fingerprint density at radius 1 is 0.808 bits per heavy atom. The fraction of sp³-hybridized carbons (Fsp3) is 0.125. The van der Waals surface area contributed by atoms with E-state index in [1.165, 1.54) is 0 Å². The Kier molecular flexibility index (Phi) is 4.18. The summed E-state index contributed by atoms with van der Waals surface area (Å²) in [4.78, 5) is 15.2. The van der Waals surface area contributed by atoms with Gasteiger partial charge in [0, 0.05) is 36.8 Å². The molecule has 3 aromatic carbocycles. The highest BCUT2D eigenvalue weighted by Gasteiger charge is 2.35. The highest BCUT2D eigenvalue weighted by atomic mass is 16.1. The van der Waals surface area contributed by atoms with Crippen molar-refractivity contribution in [2.45, 2.75) is 5.92 Å². The largest absolute Gasteiger partial charge is 0.378 e. The summed E-state index contributed by atoms with van der Waals surface area (Å²) >= 11 is 0. The lowest BCUT2D eigenvalue weighted by Gasteiger charge is -2.14. The molecule has 0 radical (unpaired) electrons. The van der Waals surface area contributed by atoms with E-state index in [9.17, 15) is 4.79 Å². The molecule has 26 heavy (non-hydrogen) atoms. The number of rotatable bonds is 3. The summed E-state index contributed by atoms with van der Waals surface area (Å²) < 4.78 is 0. The second-order valence-corrected chi connectivity index (χ2v) is 6.85. The molecule has 4 rings (SSSR count). The highest BCUT2D eigenvalue weighted by molar-refractivity contribution is 6.17. The summed E-state index contributed by atoms with van der Waals surface area (Å²) in [5.74, 6) is 0.125. The summed E-state index contributed by atoms with van der Waals surface area (Å²) in [7, 11) is 4.05. The number of hydrogen-bond acceptors (Lipinski definition) is 2. The topological polar surface area (TPSA) is 20.3 Å². The molecule has 128 valence electrons. The second kappa shape index (κ2) is 6.64. The smallest absolute Gasteiger partial charge is 0.190 e. The molecule has 0 spiro atoms. The second-order valence-electron chi connectivity index (χ2n) is 6.85. The Hall–Kier alpha value is -3.13. The Labute approximate surface area is 154 Å². The van der Waals surface area contributed by atoms with Gasteiger partial charge in [-0.25, -0.2) is 0 Å². The van der Waals surface area contributed by atoms with Gasteiger partial charge < -0.3 is 4.90 Å². The SMILES string of the molecule is CN(C)c1ccc(/C=C2/C(=O)c3ccccc3[C@@H]2c2ccccc2)cc1. The van der Waals surface area contributed by atoms with E-state index in [-0.39, 0.29) is 11.7 Å². The van der Waals surface area contributed by atoms with Gasteiger partial charge in [0.15, 0.2) is 5.78 Å². The minimum absolute atomic E-state index is 0.00609. The van der Waals surface area contributed by atoms with Crippen LogP contribution in [0.5, 0.6) is 0 Å². The number of anilines is 1. The van der Waals surface area contributed by atoms with E-state index in [0.29, 0.717) is 0 Å². The van der Waals surface area contributed by atoms with Gasteiger partial charge in [0.25, 0.3) is 0 Å². The Morgan fingerprint density at radius 2 is 1.46 bits per heavy atom. The van der Waals surface area contributed by atoms with E-state index in [0.717, 1.165) is 33.5 Å². The van der Waals surface area contributed by atoms with E-state index >= 15 is 0 Å². The van der Waals surface area contributed by atoms with Crippen molar-refractivity contribution in [3.63, 3.8) is 0 Å². The number of allylic oxidation sites excluding steroid dienone is 1. The first-order valence-electron chi connectivity index (χ1n) is 8.82. The molecule has 0 unspecified atom stereocenters. The average molecular weight is 339 g/mol. The fourth-order valence-electron chi connectivity index (χ4n) is 3.61. The van der Waals surface area contributed by atoms with Crippen molar-refractivity contribution in [3.05, 3.63) is 107 Å². The van der Waals surface area contributed by atoms with Crippen LogP contribution in [-0.2, 0) is 0 Å². The minimum atomic E-state index is -0.00609. The summed E-state index contributed by atoms with van der Waals surface area (Å²) in [6.45, 7) is 0. The number of nitrogens with zero attached hydrogens (tertiary/aromatic N) is 1. The van der Waals surface area contributed by atoms with Gasteiger partial charge in [-0.3, -0.25) is 4.79 Å². The van der Waals surface area contributed by atoms with Crippen molar-refractivity contribution in [1.29, 1.82) is 0 Å². The molecule has 0 aromatic heterocycles. The lowest BCUT2D eigenvalue weighted by Crippen LogP contribution is -2.08. The van der Waals surface area contributed by atoms with Crippen molar-refractivity contribution < 1.29 is 4.79 Å². The van der Waals surface area contributed by atoms with Crippen LogP contribution in [0.2, 0.25) is 0 Å². The molecule has 1 atom stereocenters. The summed E-state index contributed by atoms with van der Waals surface area (Å²) in [5, 5.41) is 0. The number of carbonyl (C=O) groups is 1. The zero-order chi connectivity index (χ0) is 18.1. The summed E-state index contributed by atoms with van der Waals surface area (Å²) in [6.07, 6.45) is 2.04. The van der Waals surface area contributed by atoms with Gasteiger partial charge in [-0.05, 0) is 34.9 Å². The predicted octanol–water partition coefficient (Wildman–Crippen LogP) is 5.16. The van der Waals surface area contributed by atoms with Crippen LogP contribution >= 0.6 is 0 Å². The van der Waals surface area contributed by atoms with E-state index < -0.39 is 0 Å². The van der Waals surface area contributed by atoms with Crippen molar-refractivity contribution in [3.8, 4) is 0 Å². The van der Waals surface area contributed by atoms with Crippen LogP contribution in [0.3, 0.4) is 0 Å². The van der Waals surface area contributed by atoms with E-state index in [1.807, 2.05) is 56.6 Å². The summed E-state index contributed by atoms with van der Waals surface area (Å²) in [6, 6.07) is 26.5.